The van der Waals surface area contributed by atoms with Gasteiger partial charge >= 0.3 is 0 Å². The van der Waals surface area contributed by atoms with Crippen LogP contribution in [0.4, 0.5) is 0 Å². The molecule has 2 heterocycles. The van der Waals surface area contributed by atoms with Crippen LogP contribution >= 0.6 is 0 Å². The zero-order chi connectivity index (χ0) is 13.2. The first-order valence-corrected chi connectivity index (χ1v) is 7.28. The Morgan fingerprint density at radius 2 is 2.44 bits per heavy atom. The van der Waals surface area contributed by atoms with Crippen molar-refractivity contribution in [3.63, 3.8) is 0 Å². The number of aliphatic hydroxyl groups excluding tert-OH is 1. The summed E-state index contributed by atoms with van der Waals surface area (Å²) in [6, 6.07) is -0.168. The Hall–Kier alpha value is -0.960. The van der Waals surface area contributed by atoms with E-state index in [2.05, 4.69) is 10.2 Å². The highest BCUT2D eigenvalue weighted by Crippen LogP contribution is 2.23. The van der Waals surface area contributed by atoms with Crippen molar-refractivity contribution < 1.29 is 18.3 Å². The number of H-pyrrole nitrogens is 1. The Balaban J connectivity index is 2.35. The standard InChI is InChI=1S/C10H17N3O4S/c1-2-9-7-17-4-3-13(9)18(15,16)10-8(6-14)5-11-12-10/h5,9,14H,2-4,6-7H2,1H3,(H,11,12). The summed E-state index contributed by atoms with van der Waals surface area (Å²) in [7, 11) is -3.65. The molecule has 1 unspecified atom stereocenters. The number of aromatic amines is 1. The highest BCUT2D eigenvalue weighted by atomic mass is 32.2. The molecule has 0 saturated carbocycles. The molecular weight excluding hydrogens is 258 g/mol. The maximum absolute atomic E-state index is 12.5. The minimum Gasteiger partial charge on any atom is -0.392 e. The van der Waals surface area contributed by atoms with Gasteiger partial charge in [-0.2, -0.15) is 9.40 Å². The molecule has 1 aliphatic heterocycles. The van der Waals surface area contributed by atoms with E-state index in [4.69, 9.17) is 9.84 Å². The molecule has 18 heavy (non-hydrogen) atoms. The number of nitrogens with zero attached hydrogens (tertiary/aromatic N) is 2. The van der Waals surface area contributed by atoms with Gasteiger partial charge in [-0.15, -0.1) is 0 Å². The van der Waals surface area contributed by atoms with Gasteiger partial charge in [0.15, 0.2) is 5.03 Å². The van der Waals surface area contributed by atoms with Crippen molar-refractivity contribution in [3.05, 3.63) is 11.8 Å². The highest BCUT2D eigenvalue weighted by molar-refractivity contribution is 7.89. The minimum atomic E-state index is -3.65. The molecule has 7 nitrogen and oxygen atoms in total. The predicted octanol–water partition coefficient (Wildman–Crippen LogP) is -0.298. The van der Waals surface area contributed by atoms with Crippen molar-refractivity contribution in [1.29, 1.82) is 0 Å². The molecule has 1 aromatic rings. The van der Waals surface area contributed by atoms with Crippen LogP contribution in [0.3, 0.4) is 0 Å². The van der Waals surface area contributed by atoms with Crippen molar-refractivity contribution >= 4 is 10.0 Å². The molecule has 0 bridgehead atoms. The molecule has 8 heteroatoms. The number of nitrogens with one attached hydrogen (secondary N) is 1. The fraction of sp³-hybridized carbons (Fsp3) is 0.700. The Morgan fingerprint density at radius 1 is 1.67 bits per heavy atom. The molecule has 102 valence electrons. The van der Waals surface area contributed by atoms with Crippen molar-refractivity contribution in [3.8, 4) is 0 Å². The van der Waals surface area contributed by atoms with Gasteiger partial charge in [0, 0.05) is 18.2 Å². The van der Waals surface area contributed by atoms with Crippen LogP contribution in [-0.2, 0) is 21.4 Å². The third kappa shape index (κ3) is 2.28. The molecule has 0 spiro atoms. The van der Waals surface area contributed by atoms with Crippen LogP contribution in [0.25, 0.3) is 0 Å². The molecule has 1 aromatic heterocycles. The van der Waals surface area contributed by atoms with Gasteiger partial charge in [0.25, 0.3) is 10.0 Å². The first kappa shape index (κ1) is 13.5. The zero-order valence-electron chi connectivity index (χ0n) is 10.2. The van der Waals surface area contributed by atoms with E-state index in [9.17, 15) is 8.42 Å². The number of ether oxygens (including phenoxy) is 1. The Labute approximate surface area is 106 Å². The second kappa shape index (κ2) is 5.35. The number of morpholine rings is 1. The summed E-state index contributed by atoms with van der Waals surface area (Å²) < 4.78 is 31.7. The summed E-state index contributed by atoms with van der Waals surface area (Å²) in [4.78, 5) is 0. The highest BCUT2D eigenvalue weighted by Gasteiger charge is 2.35. The largest absolute Gasteiger partial charge is 0.392 e. The quantitative estimate of drug-likeness (QED) is 0.786. The van der Waals surface area contributed by atoms with Crippen molar-refractivity contribution in [2.24, 2.45) is 0 Å². The van der Waals surface area contributed by atoms with Crippen LogP contribution in [0.1, 0.15) is 18.9 Å². The molecule has 0 radical (unpaired) electrons. The van der Waals surface area contributed by atoms with E-state index in [1.807, 2.05) is 6.92 Å². The fourth-order valence-electron chi connectivity index (χ4n) is 2.03. The fourth-order valence-corrected chi connectivity index (χ4v) is 3.80. The second-order valence-corrected chi connectivity index (χ2v) is 5.96. The number of aromatic nitrogens is 2. The molecule has 0 amide bonds. The van der Waals surface area contributed by atoms with Crippen LogP contribution in [0, 0.1) is 0 Å². The van der Waals surface area contributed by atoms with Crippen molar-refractivity contribution in [2.75, 3.05) is 19.8 Å². The molecule has 0 aliphatic carbocycles. The normalized spacial score (nSPS) is 22.2. The first-order chi connectivity index (χ1) is 8.61. The Kier molecular flexibility index (Phi) is 4.00. The summed E-state index contributed by atoms with van der Waals surface area (Å²) in [5, 5.41) is 15.2. The first-order valence-electron chi connectivity index (χ1n) is 5.84. The minimum absolute atomic E-state index is 0.0228. The van der Waals surface area contributed by atoms with Crippen LogP contribution in [0.15, 0.2) is 11.2 Å². The lowest BCUT2D eigenvalue weighted by Gasteiger charge is -2.33. The molecule has 1 aliphatic rings. The molecule has 2 rings (SSSR count). The molecule has 1 saturated heterocycles. The third-order valence-corrected chi connectivity index (χ3v) is 5.03. The van der Waals surface area contributed by atoms with Crippen LogP contribution < -0.4 is 0 Å². The summed E-state index contributed by atoms with van der Waals surface area (Å²) in [5.41, 5.74) is 0.288. The zero-order valence-corrected chi connectivity index (χ0v) is 11.0. The maximum atomic E-state index is 12.5. The molecule has 0 aromatic carbocycles. The lowest BCUT2D eigenvalue weighted by molar-refractivity contribution is 0.0312. The van der Waals surface area contributed by atoms with E-state index >= 15 is 0 Å². The van der Waals surface area contributed by atoms with Gasteiger partial charge in [-0.1, -0.05) is 6.92 Å². The van der Waals surface area contributed by atoms with Gasteiger partial charge in [0.1, 0.15) is 0 Å². The predicted molar refractivity (Wildman–Crippen MR) is 63.3 cm³/mol. The number of aliphatic hydroxyl groups is 1. The lowest BCUT2D eigenvalue weighted by Crippen LogP contribution is -2.48. The number of rotatable bonds is 4. The summed E-state index contributed by atoms with van der Waals surface area (Å²) in [6.45, 7) is 2.68. The van der Waals surface area contributed by atoms with Gasteiger partial charge in [-0.3, -0.25) is 5.10 Å². The van der Waals surface area contributed by atoms with E-state index in [0.29, 0.717) is 26.2 Å². The van der Waals surface area contributed by atoms with Crippen molar-refractivity contribution in [1.82, 2.24) is 14.5 Å². The lowest BCUT2D eigenvalue weighted by atomic mass is 10.2. The monoisotopic (exact) mass is 275 g/mol. The molecule has 2 N–H and O–H groups in total. The summed E-state index contributed by atoms with van der Waals surface area (Å²) in [6.07, 6.45) is 2.01. The second-order valence-electron chi connectivity index (χ2n) is 4.14. The smallest absolute Gasteiger partial charge is 0.260 e. The van der Waals surface area contributed by atoms with Gasteiger partial charge in [-0.05, 0) is 6.42 Å². The van der Waals surface area contributed by atoms with Gasteiger partial charge < -0.3 is 9.84 Å². The van der Waals surface area contributed by atoms with Crippen LogP contribution in [0.5, 0.6) is 0 Å². The van der Waals surface area contributed by atoms with E-state index in [0.717, 1.165) is 0 Å². The van der Waals surface area contributed by atoms with Gasteiger partial charge in [0.05, 0.1) is 26.0 Å². The van der Waals surface area contributed by atoms with E-state index in [1.165, 1.54) is 10.5 Å². The third-order valence-electron chi connectivity index (χ3n) is 3.06. The van der Waals surface area contributed by atoms with Gasteiger partial charge in [0.2, 0.25) is 0 Å². The van der Waals surface area contributed by atoms with E-state index < -0.39 is 10.0 Å². The van der Waals surface area contributed by atoms with E-state index in [1.54, 1.807) is 0 Å². The van der Waals surface area contributed by atoms with Crippen LogP contribution in [0.2, 0.25) is 0 Å². The number of hydrogen-bond acceptors (Lipinski definition) is 5. The van der Waals surface area contributed by atoms with E-state index in [-0.39, 0.29) is 23.2 Å². The van der Waals surface area contributed by atoms with Crippen molar-refractivity contribution in [2.45, 2.75) is 31.0 Å². The number of sulfonamides is 1. The number of hydrogen-bond donors (Lipinski definition) is 2. The Bertz CT molecular complexity index is 499. The summed E-state index contributed by atoms with van der Waals surface area (Å²) >= 11 is 0. The molecule has 1 fully saturated rings. The average molecular weight is 275 g/mol. The summed E-state index contributed by atoms with van der Waals surface area (Å²) in [5.74, 6) is 0. The SMILES string of the molecule is CCC1COCCN1S(=O)(=O)c1[nH]ncc1CO. The molecular formula is C10H17N3O4S. The topological polar surface area (TPSA) is 95.5 Å². The Morgan fingerprint density at radius 3 is 3.11 bits per heavy atom. The average Bonchev–Trinajstić information content (AvgIpc) is 2.87. The maximum Gasteiger partial charge on any atom is 0.260 e. The molecule has 1 atom stereocenters. The van der Waals surface area contributed by atoms with Gasteiger partial charge in [-0.25, -0.2) is 8.42 Å². The van der Waals surface area contributed by atoms with Crippen LogP contribution in [-0.4, -0.2) is 53.8 Å².